The Morgan fingerprint density at radius 1 is 1.30 bits per heavy atom. The third-order valence-electron chi connectivity index (χ3n) is 3.12. The topological polar surface area (TPSA) is 87.5 Å². The van der Waals surface area contributed by atoms with Crippen LogP contribution in [0.25, 0.3) is 16.9 Å². The number of fused-ring (bicyclic) bond motifs is 1. The first-order valence-electron chi connectivity index (χ1n) is 5.99. The monoisotopic (exact) mass is 269 g/mol. The Hall–Kier alpha value is -2.89. The van der Waals surface area contributed by atoms with Crippen LogP contribution in [-0.4, -0.2) is 25.7 Å². The number of nitrogens with zero attached hydrogens (tertiary/aromatic N) is 2. The van der Waals surface area contributed by atoms with Gasteiger partial charge in [-0.3, -0.25) is 9.89 Å². The number of carbonyl (C=O) groups is 1. The number of H-pyrrole nitrogens is 1. The number of aromatic nitrogens is 3. The molecule has 0 spiro atoms. The molecule has 0 atom stereocenters. The summed E-state index contributed by atoms with van der Waals surface area (Å²) in [5, 5.41) is 11.5. The van der Waals surface area contributed by atoms with Gasteiger partial charge in [0.25, 0.3) is 5.56 Å². The van der Waals surface area contributed by atoms with Gasteiger partial charge >= 0.3 is 5.97 Å². The van der Waals surface area contributed by atoms with Crippen LogP contribution in [0.1, 0.15) is 16.1 Å². The number of nitrogens with one attached hydrogen (secondary N) is 1. The van der Waals surface area contributed by atoms with Crippen molar-refractivity contribution in [3.63, 3.8) is 0 Å². The van der Waals surface area contributed by atoms with Gasteiger partial charge in [0.1, 0.15) is 5.69 Å². The largest absolute Gasteiger partial charge is 0.477 e. The van der Waals surface area contributed by atoms with E-state index in [9.17, 15) is 9.59 Å². The van der Waals surface area contributed by atoms with E-state index >= 15 is 0 Å². The Kier molecular flexibility index (Phi) is 2.64. The normalized spacial score (nSPS) is 10.8. The molecular weight excluding hydrogens is 258 g/mol. The molecule has 0 fully saturated rings. The van der Waals surface area contributed by atoms with Crippen molar-refractivity contribution in [1.29, 1.82) is 0 Å². The van der Waals surface area contributed by atoms with E-state index in [4.69, 9.17) is 5.11 Å². The van der Waals surface area contributed by atoms with E-state index in [0.29, 0.717) is 11.3 Å². The van der Waals surface area contributed by atoms with Crippen LogP contribution < -0.4 is 5.56 Å². The lowest BCUT2D eigenvalue weighted by molar-refractivity contribution is 0.0690. The zero-order valence-electron chi connectivity index (χ0n) is 10.6. The molecule has 0 saturated carbocycles. The van der Waals surface area contributed by atoms with Crippen molar-refractivity contribution in [2.75, 3.05) is 0 Å². The molecule has 3 aromatic rings. The van der Waals surface area contributed by atoms with Crippen LogP contribution in [0.4, 0.5) is 0 Å². The predicted molar refractivity (Wildman–Crippen MR) is 72.9 cm³/mol. The first-order chi connectivity index (χ1) is 9.58. The Bertz CT molecular complexity index is 862. The van der Waals surface area contributed by atoms with Gasteiger partial charge in [0, 0.05) is 17.2 Å². The molecular formula is C14H11N3O3. The van der Waals surface area contributed by atoms with Crippen molar-refractivity contribution in [2.24, 2.45) is 0 Å². The number of hydrogen-bond acceptors (Lipinski definition) is 3. The van der Waals surface area contributed by atoms with E-state index in [1.165, 1.54) is 6.07 Å². The lowest BCUT2D eigenvalue weighted by Gasteiger charge is -2.04. The van der Waals surface area contributed by atoms with Crippen LogP contribution in [-0.2, 0) is 0 Å². The van der Waals surface area contributed by atoms with Crippen LogP contribution >= 0.6 is 0 Å². The van der Waals surface area contributed by atoms with Crippen molar-refractivity contribution < 1.29 is 9.90 Å². The molecule has 1 aromatic carbocycles. The number of aromatic amines is 1. The van der Waals surface area contributed by atoms with Crippen LogP contribution in [0.2, 0.25) is 0 Å². The lowest BCUT2D eigenvalue weighted by Crippen LogP contribution is -2.19. The molecule has 0 amide bonds. The Morgan fingerprint density at radius 3 is 2.65 bits per heavy atom. The number of benzene rings is 1. The Morgan fingerprint density at radius 2 is 2.00 bits per heavy atom. The summed E-state index contributed by atoms with van der Waals surface area (Å²) >= 11 is 0. The van der Waals surface area contributed by atoms with E-state index in [2.05, 4.69) is 10.1 Å². The minimum Gasteiger partial charge on any atom is -0.477 e. The van der Waals surface area contributed by atoms with Crippen molar-refractivity contribution in [2.45, 2.75) is 6.92 Å². The summed E-state index contributed by atoms with van der Waals surface area (Å²) in [5.74, 6) is -1.13. The molecule has 0 saturated heterocycles. The molecule has 0 aliphatic heterocycles. The SMILES string of the molecule is Cc1c(-c2ccccc2)nc2cc(C(=O)O)[nH]n2c1=O. The summed E-state index contributed by atoms with van der Waals surface area (Å²) in [6.45, 7) is 1.67. The molecule has 20 heavy (non-hydrogen) atoms. The third-order valence-corrected chi connectivity index (χ3v) is 3.12. The highest BCUT2D eigenvalue weighted by molar-refractivity contribution is 5.86. The van der Waals surface area contributed by atoms with Crippen molar-refractivity contribution >= 4 is 11.6 Å². The van der Waals surface area contributed by atoms with Gasteiger partial charge in [0.2, 0.25) is 0 Å². The number of rotatable bonds is 2. The predicted octanol–water partition coefficient (Wildman–Crippen LogP) is 1.70. The van der Waals surface area contributed by atoms with E-state index < -0.39 is 5.97 Å². The smallest absolute Gasteiger partial charge is 0.353 e. The van der Waals surface area contributed by atoms with Gasteiger partial charge in [0.05, 0.1) is 5.69 Å². The molecule has 2 aromatic heterocycles. The summed E-state index contributed by atoms with van der Waals surface area (Å²) < 4.78 is 1.14. The quantitative estimate of drug-likeness (QED) is 0.741. The van der Waals surface area contributed by atoms with E-state index in [1.54, 1.807) is 6.92 Å². The van der Waals surface area contributed by atoms with Gasteiger partial charge in [-0.25, -0.2) is 14.3 Å². The van der Waals surface area contributed by atoms with Gasteiger partial charge in [-0.05, 0) is 6.92 Å². The fraction of sp³-hybridized carbons (Fsp3) is 0.0714. The molecule has 100 valence electrons. The zero-order valence-corrected chi connectivity index (χ0v) is 10.6. The van der Waals surface area contributed by atoms with Gasteiger partial charge in [0.15, 0.2) is 5.65 Å². The van der Waals surface area contributed by atoms with E-state index in [-0.39, 0.29) is 16.9 Å². The second kappa shape index (κ2) is 4.34. The number of aromatic carboxylic acids is 1. The van der Waals surface area contributed by atoms with Gasteiger partial charge in [-0.2, -0.15) is 0 Å². The average molecular weight is 269 g/mol. The highest BCUT2D eigenvalue weighted by Gasteiger charge is 2.14. The maximum Gasteiger partial charge on any atom is 0.353 e. The Balaban J connectivity index is 2.33. The second-order valence-corrected chi connectivity index (χ2v) is 4.43. The summed E-state index contributed by atoms with van der Waals surface area (Å²) in [7, 11) is 0. The third kappa shape index (κ3) is 1.78. The summed E-state index contributed by atoms with van der Waals surface area (Å²) in [6.07, 6.45) is 0. The molecule has 0 unspecified atom stereocenters. The van der Waals surface area contributed by atoms with Crippen LogP contribution in [0.15, 0.2) is 41.2 Å². The summed E-state index contributed by atoms with van der Waals surface area (Å²) in [4.78, 5) is 27.6. The summed E-state index contributed by atoms with van der Waals surface area (Å²) in [6, 6.07) is 10.7. The van der Waals surface area contributed by atoms with Gasteiger partial charge in [-0.1, -0.05) is 30.3 Å². The molecule has 2 N–H and O–H groups in total. The minimum absolute atomic E-state index is 0.0702. The fourth-order valence-corrected chi connectivity index (χ4v) is 2.09. The van der Waals surface area contributed by atoms with Crippen molar-refractivity contribution in [3.05, 3.63) is 58.0 Å². The van der Waals surface area contributed by atoms with Crippen LogP contribution in [0.3, 0.4) is 0 Å². The minimum atomic E-state index is -1.13. The first kappa shape index (κ1) is 12.2. The van der Waals surface area contributed by atoms with Gasteiger partial charge in [-0.15, -0.1) is 0 Å². The van der Waals surface area contributed by atoms with E-state index in [0.717, 1.165) is 10.1 Å². The first-order valence-corrected chi connectivity index (χ1v) is 5.99. The standard InChI is InChI=1S/C14H11N3O3/c1-8-12(9-5-3-2-4-6-9)15-11-7-10(14(19)20)16-17(11)13(8)18/h2-7,16H,1H3,(H,19,20). The zero-order chi connectivity index (χ0) is 14.3. The molecule has 0 aliphatic rings. The highest BCUT2D eigenvalue weighted by atomic mass is 16.4. The molecule has 2 heterocycles. The highest BCUT2D eigenvalue weighted by Crippen LogP contribution is 2.19. The maximum atomic E-state index is 12.3. The molecule has 0 radical (unpaired) electrons. The van der Waals surface area contributed by atoms with Crippen molar-refractivity contribution in [3.8, 4) is 11.3 Å². The second-order valence-electron chi connectivity index (χ2n) is 4.43. The number of carboxylic acids is 1. The summed E-state index contributed by atoms with van der Waals surface area (Å²) in [5.41, 5.74) is 1.76. The number of carboxylic acid groups (broad SMARTS) is 1. The fourth-order valence-electron chi connectivity index (χ4n) is 2.09. The molecule has 0 aliphatic carbocycles. The average Bonchev–Trinajstić information content (AvgIpc) is 2.88. The molecule has 3 rings (SSSR count). The maximum absolute atomic E-state index is 12.3. The van der Waals surface area contributed by atoms with E-state index in [1.807, 2.05) is 30.3 Å². The Labute approximate surface area is 113 Å². The van der Waals surface area contributed by atoms with Crippen LogP contribution in [0, 0.1) is 6.92 Å². The molecule has 0 bridgehead atoms. The molecule has 6 nitrogen and oxygen atoms in total. The lowest BCUT2D eigenvalue weighted by atomic mass is 10.1. The number of hydrogen-bond donors (Lipinski definition) is 2. The van der Waals surface area contributed by atoms with Crippen molar-refractivity contribution in [1.82, 2.24) is 14.6 Å². The molecule has 6 heteroatoms. The van der Waals surface area contributed by atoms with Crippen LogP contribution in [0.5, 0.6) is 0 Å². The van der Waals surface area contributed by atoms with Gasteiger partial charge < -0.3 is 5.11 Å².